The van der Waals surface area contributed by atoms with Crippen LogP contribution in [0.25, 0.3) is 0 Å². The Morgan fingerprint density at radius 3 is 2.93 bits per heavy atom. The Kier molecular flexibility index (Phi) is 2.41. The Labute approximate surface area is 83.7 Å². The third-order valence-electron chi connectivity index (χ3n) is 2.80. The standard InChI is InChI=1S/C9H17N5/c1-6-5-7(3-4-11-6)8-12-9(10)14(2)13-8/h6-7,11H,3-5H2,1-2H3,(H2,10,12,13). The topological polar surface area (TPSA) is 68.8 Å². The molecule has 2 heterocycles. The van der Waals surface area contributed by atoms with E-state index in [1.54, 1.807) is 4.68 Å². The van der Waals surface area contributed by atoms with E-state index in [0.717, 1.165) is 25.2 Å². The van der Waals surface area contributed by atoms with Crippen molar-refractivity contribution < 1.29 is 0 Å². The van der Waals surface area contributed by atoms with Crippen molar-refractivity contribution >= 4 is 5.95 Å². The van der Waals surface area contributed by atoms with Crippen LogP contribution in [-0.4, -0.2) is 27.4 Å². The van der Waals surface area contributed by atoms with Crippen molar-refractivity contribution in [3.63, 3.8) is 0 Å². The summed E-state index contributed by atoms with van der Waals surface area (Å²) in [5.41, 5.74) is 5.66. The number of rotatable bonds is 1. The highest BCUT2D eigenvalue weighted by Gasteiger charge is 2.23. The summed E-state index contributed by atoms with van der Waals surface area (Å²) in [4.78, 5) is 4.27. The number of nitrogens with one attached hydrogen (secondary N) is 1. The average molecular weight is 195 g/mol. The van der Waals surface area contributed by atoms with E-state index in [1.165, 1.54) is 0 Å². The van der Waals surface area contributed by atoms with Crippen LogP contribution in [-0.2, 0) is 7.05 Å². The third kappa shape index (κ3) is 1.72. The third-order valence-corrected chi connectivity index (χ3v) is 2.80. The number of hydrogen-bond acceptors (Lipinski definition) is 4. The van der Waals surface area contributed by atoms with Crippen LogP contribution in [0.15, 0.2) is 0 Å². The van der Waals surface area contributed by atoms with E-state index >= 15 is 0 Å². The second kappa shape index (κ2) is 3.57. The lowest BCUT2D eigenvalue weighted by Gasteiger charge is -2.25. The predicted molar refractivity (Wildman–Crippen MR) is 54.9 cm³/mol. The molecule has 2 atom stereocenters. The van der Waals surface area contributed by atoms with E-state index in [2.05, 4.69) is 22.3 Å². The molecule has 0 radical (unpaired) electrons. The first-order valence-electron chi connectivity index (χ1n) is 5.06. The van der Waals surface area contributed by atoms with Crippen molar-refractivity contribution in [3.8, 4) is 0 Å². The summed E-state index contributed by atoms with van der Waals surface area (Å²) >= 11 is 0. The second-order valence-electron chi connectivity index (χ2n) is 4.03. The molecule has 1 aromatic heterocycles. The van der Waals surface area contributed by atoms with Crippen LogP contribution in [0.4, 0.5) is 5.95 Å². The van der Waals surface area contributed by atoms with Crippen molar-refractivity contribution in [2.75, 3.05) is 12.3 Å². The molecule has 78 valence electrons. The van der Waals surface area contributed by atoms with Gasteiger partial charge in [0.1, 0.15) is 0 Å². The fourth-order valence-corrected chi connectivity index (χ4v) is 1.96. The van der Waals surface area contributed by atoms with Gasteiger partial charge < -0.3 is 11.1 Å². The van der Waals surface area contributed by atoms with Gasteiger partial charge >= 0.3 is 0 Å². The zero-order valence-electron chi connectivity index (χ0n) is 8.70. The minimum absolute atomic E-state index is 0.467. The van der Waals surface area contributed by atoms with Gasteiger partial charge in [0.25, 0.3) is 0 Å². The van der Waals surface area contributed by atoms with Crippen LogP contribution >= 0.6 is 0 Å². The number of aryl methyl sites for hydroxylation is 1. The molecular formula is C9H17N5. The van der Waals surface area contributed by atoms with Gasteiger partial charge in [-0.25, -0.2) is 4.68 Å². The van der Waals surface area contributed by atoms with Crippen LogP contribution in [0.5, 0.6) is 0 Å². The minimum atomic E-state index is 0.467. The van der Waals surface area contributed by atoms with Gasteiger partial charge in [-0.3, -0.25) is 0 Å². The van der Waals surface area contributed by atoms with Crippen LogP contribution < -0.4 is 11.1 Å². The van der Waals surface area contributed by atoms with Gasteiger partial charge in [-0.2, -0.15) is 10.1 Å². The maximum atomic E-state index is 5.66. The monoisotopic (exact) mass is 195 g/mol. The number of anilines is 1. The molecule has 1 aromatic rings. The normalized spacial score (nSPS) is 27.9. The van der Waals surface area contributed by atoms with Crippen molar-refractivity contribution in [2.24, 2.45) is 7.05 Å². The lowest BCUT2D eigenvalue weighted by Crippen LogP contribution is -2.35. The minimum Gasteiger partial charge on any atom is -0.368 e. The number of hydrogen-bond donors (Lipinski definition) is 2. The fraction of sp³-hybridized carbons (Fsp3) is 0.778. The van der Waals surface area contributed by atoms with Gasteiger partial charge in [0.05, 0.1) is 0 Å². The first-order chi connectivity index (χ1) is 6.66. The van der Waals surface area contributed by atoms with E-state index in [-0.39, 0.29) is 0 Å². The van der Waals surface area contributed by atoms with Crippen LogP contribution in [0.1, 0.15) is 31.5 Å². The highest BCUT2D eigenvalue weighted by atomic mass is 15.4. The highest BCUT2D eigenvalue weighted by Crippen LogP contribution is 2.25. The van der Waals surface area contributed by atoms with Crippen molar-refractivity contribution in [1.29, 1.82) is 0 Å². The van der Waals surface area contributed by atoms with Crippen molar-refractivity contribution in [2.45, 2.75) is 31.7 Å². The van der Waals surface area contributed by atoms with E-state index in [9.17, 15) is 0 Å². The smallest absolute Gasteiger partial charge is 0.218 e. The predicted octanol–water partition coefficient (Wildman–Crippen LogP) is 0.253. The summed E-state index contributed by atoms with van der Waals surface area (Å²) in [6.07, 6.45) is 2.21. The average Bonchev–Trinajstić information content (AvgIpc) is 2.47. The Morgan fingerprint density at radius 1 is 1.57 bits per heavy atom. The van der Waals surface area contributed by atoms with Crippen LogP contribution in [0.2, 0.25) is 0 Å². The van der Waals surface area contributed by atoms with Gasteiger partial charge in [-0.1, -0.05) is 0 Å². The zero-order chi connectivity index (χ0) is 10.1. The molecule has 1 aliphatic heterocycles. The molecule has 1 aliphatic rings. The first kappa shape index (κ1) is 9.45. The van der Waals surface area contributed by atoms with Crippen LogP contribution in [0.3, 0.4) is 0 Å². The summed E-state index contributed by atoms with van der Waals surface area (Å²) in [6.45, 7) is 3.24. The van der Waals surface area contributed by atoms with Gasteiger partial charge in [-0.05, 0) is 26.3 Å². The maximum Gasteiger partial charge on any atom is 0.218 e. The largest absolute Gasteiger partial charge is 0.368 e. The number of piperidine rings is 1. The first-order valence-corrected chi connectivity index (χ1v) is 5.06. The molecule has 2 rings (SSSR count). The highest BCUT2D eigenvalue weighted by molar-refractivity contribution is 5.17. The van der Waals surface area contributed by atoms with Gasteiger partial charge in [0, 0.05) is 19.0 Å². The lowest BCUT2D eigenvalue weighted by atomic mass is 9.93. The molecule has 0 amide bonds. The van der Waals surface area contributed by atoms with E-state index in [4.69, 9.17) is 5.73 Å². The Hall–Kier alpha value is -1.10. The van der Waals surface area contributed by atoms with E-state index in [0.29, 0.717) is 17.9 Å². The number of nitrogens with zero attached hydrogens (tertiary/aromatic N) is 3. The van der Waals surface area contributed by atoms with E-state index in [1.807, 2.05) is 7.05 Å². The van der Waals surface area contributed by atoms with E-state index < -0.39 is 0 Å². The summed E-state index contributed by atoms with van der Waals surface area (Å²) in [5.74, 6) is 1.87. The molecule has 0 spiro atoms. The molecule has 0 aliphatic carbocycles. The lowest BCUT2D eigenvalue weighted by molar-refractivity contribution is 0.370. The summed E-state index contributed by atoms with van der Waals surface area (Å²) in [6, 6.07) is 0.554. The SMILES string of the molecule is CC1CC(c2nc(N)n(C)n2)CCN1. The van der Waals surface area contributed by atoms with Gasteiger partial charge in [-0.15, -0.1) is 0 Å². The zero-order valence-corrected chi connectivity index (χ0v) is 8.70. The Morgan fingerprint density at radius 2 is 2.36 bits per heavy atom. The molecule has 3 N–H and O–H groups in total. The summed E-state index contributed by atoms with van der Waals surface area (Å²) in [7, 11) is 1.83. The van der Waals surface area contributed by atoms with Crippen LogP contribution in [0, 0.1) is 0 Å². The summed E-state index contributed by atoms with van der Waals surface area (Å²) in [5, 5.41) is 7.73. The Balaban J connectivity index is 2.14. The molecule has 2 unspecified atom stereocenters. The molecule has 1 fully saturated rings. The molecule has 5 heteroatoms. The maximum absolute atomic E-state index is 5.66. The molecule has 5 nitrogen and oxygen atoms in total. The molecule has 0 saturated carbocycles. The summed E-state index contributed by atoms with van der Waals surface area (Å²) < 4.78 is 1.64. The number of aromatic nitrogens is 3. The van der Waals surface area contributed by atoms with Gasteiger partial charge in [0.2, 0.25) is 5.95 Å². The number of nitrogens with two attached hydrogens (primary N) is 1. The quantitative estimate of drug-likeness (QED) is 0.674. The number of nitrogen functional groups attached to an aromatic ring is 1. The van der Waals surface area contributed by atoms with Crippen molar-refractivity contribution in [3.05, 3.63) is 5.82 Å². The van der Waals surface area contributed by atoms with Gasteiger partial charge in [0.15, 0.2) is 5.82 Å². The fourth-order valence-electron chi connectivity index (χ4n) is 1.96. The molecule has 0 aromatic carbocycles. The Bertz CT molecular complexity index is 300. The van der Waals surface area contributed by atoms with Crippen molar-refractivity contribution in [1.82, 2.24) is 20.1 Å². The second-order valence-corrected chi connectivity index (χ2v) is 4.03. The molecule has 1 saturated heterocycles. The molecular weight excluding hydrogens is 178 g/mol. The molecule has 0 bridgehead atoms. The molecule has 14 heavy (non-hydrogen) atoms.